The number of nitrogens with one attached hydrogen (secondary N) is 1. The zero-order valence-corrected chi connectivity index (χ0v) is 20.2. The van der Waals surface area contributed by atoms with Crippen LogP contribution in [0.3, 0.4) is 0 Å². The number of amides is 1. The number of hydrogen-bond acceptors (Lipinski definition) is 4. The molecule has 0 saturated carbocycles. The van der Waals surface area contributed by atoms with Gasteiger partial charge in [-0.1, -0.05) is 64.8 Å². The minimum Gasteiger partial charge on any atom is -0.374 e. The van der Waals surface area contributed by atoms with Crippen LogP contribution in [0.5, 0.6) is 0 Å². The number of nitrogens with zero attached hydrogens (tertiary/aromatic N) is 2. The minimum absolute atomic E-state index is 0.0376. The third-order valence-electron chi connectivity index (χ3n) is 5.86. The Kier molecular flexibility index (Phi) is 6.98. The van der Waals surface area contributed by atoms with Crippen LogP contribution in [-0.4, -0.2) is 17.8 Å². The summed E-state index contributed by atoms with van der Waals surface area (Å²) in [5.41, 5.74) is -1.20. The molecule has 0 radical (unpaired) electrons. The fraction of sp³-hybridized carbons (Fsp3) is 0.192. The Hall–Kier alpha value is -3.54. The molecule has 1 N–H and O–H groups in total. The Labute approximate surface area is 215 Å². The molecule has 1 aliphatic heterocycles. The molecule has 0 fully saturated rings. The molecule has 0 aromatic heterocycles. The van der Waals surface area contributed by atoms with Crippen molar-refractivity contribution in [1.82, 2.24) is 5.32 Å². The molecule has 2 unspecified atom stereocenters. The Balaban J connectivity index is 1.58. The Morgan fingerprint density at radius 3 is 2.36 bits per heavy atom. The van der Waals surface area contributed by atoms with Crippen LogP contribution < -0.4 is 5.32 Å². The molecule has 2 atom stereocenters. The van der Waals surface area contributed by atoms with E-state index in [1.807, 2.05) is 6.07 Å². The maximum atomic E-state index is 14.2. The fourth-order valence-corrected chi connectivity index (χ4v) is 4.51. The molecule has 1 aliphatic rings. The molecule has 4 rings (SSSR count). The lowest BCUT2D eigenvalue weighted by Gasteiger charge is -2.29. The third kappa shape index (κ3) is 4.90. The number of benzene rings is 3. The van der Waals surface area contributed by atoms with Gasteiger partial charge in [0.25, 0.3) is 11.5 Å². The predicted octanol–water partition coefficient (Wildman–Crippen LogP) is 6.88. The molecule has 1 amide bonds. The first kappa shape index (κ1) is 25.5. The van der Waals surface area contributed by atoms with Gasteiger partial charge in [0.05, 0.1) is 11.8 Å². The smallest absolute Gasteiger partial charge is 0.374 e. The predicted molar refractivity (Wildman–Crippen MR) is 130 cm³/mol. The fourth-order valence-electron chi connectivity index (χ4n) is 3.99. The van der Waals surface area contributed by atoms with Crippen molar-refractivity contribution in [3.05, 3.63) is 105 Å². The van der Waals surface area contributed by atoms with E-state index < -0.39 is 30.1 Å². The number of nitriles is 1. The summed E-state index contributed by atoms with van der Waals surface area (Å²) in [7, 11) is 0. The molecule has 0 spiro atoms. The van der Waals surface area contributed by atoms with E-state index in [1.54, 1.807) is 43.3 Å². The van der Waals surface area contributed by atoms with Gasteiger partial charge in [0.2, 0.25) is 0 Å². The SMILES string of the molecule is Cc1cc(C2=NOC(c3cc(Cl)cc(Cl)c3)(C(F)(F)F)C2)ccc1C(=O)NC(C#N)c1ccccc1. The van der Waals surface area contributed by atoms with Gasteiger partial charge in [-0.05, 0) is 53.9 Å². The summed E-state index contributed by atoms with van der Waals surface area (Å²) in [6.45, 7) is 1.65. The highest BCUT2D eigenvalue weighted by Gasteiger charge is 2.62. The molecule has 3 aromatic carbocycles. The number of rotatable bonds is 5. The quantitative estimate of drug-likeness (QED) is 0.390. The summed E-state index contributed by atoms with van der Waals surface area (Å²) < 4.78 is 42.7. The average Bonchev–Trinajstić information content (AvgIpc) is 3.29. The van der Waals surface area contributed by atoms with Crippen LogP contribution in [0.15, 0.2) is 71.9 Å². The van der Waals surface area contributed by atoms with Crippen molar-refractivity contribution in [3.63, 3.8) is 0 Å². The number of hydrogen-bond donors (Lipinski definition) is 1. The minimum atomic E-state index is -4.81. The highest BCUT2D eigenvalue weighted by Crippen LogP contribution is 2.49. The van der Waals surface area contributed by atoms with Crippen molar-refractivity contribution in [1.29, 1.82) is 5.26 Å². The molecule has 10 heteroatoms. The highest BCUT2D eigenvalue weighted by atomic mass is 35.5. The van der Waals surface area contributed by atoms with Gasteiger partial charge in [0, 0.05) is 27.6 Å². The number of alkyl halides is 3. The van der Waals surface area contributed by atoms with E-state index in [2.05, 4.69) is 10.5 Å². The lowest BCUT2D eigenvalue weighted by atomic mass is 9.86. The van der Waals surface area contributed by atoms with Crippen molar-refractivity contribution >= 4 is 34.8 Å². The molecular formula is C26H18Cl2F3N3O2. The average molecular weight is 532 g/mol. The van der Waals surface area contributed by atoms with Crippen LogP contribution in [-0.2, 0) is 10.4 Å². The van der Waals surface area contributed by atoms with Crippen LogP contribution >= 0.6 is 23.2 Å². The Bertz CT molecular complexity index is 1370. The maximum absolute atomic E-state index is 14.2. The molecule has 3 aromatic rings. The summed E-state index contributed by atoms with van der Waals surface area (Å²) in [5, 5.41) is 16.0. The van der Waals surface area contributed by atoms with Gasteiger partial charge < -0.3 is 10.2 Å². The number of carbonyl (C=O) groups excluding carboxylic acids is 1. The van der Waals surface area contributed by atoms with Gasteiger partial charge in [0.15, 0.2) is 0 Å². The first-order chi connectivity index (χ1) is 17.0. The first-order valence-corrected chi connectivity index (χ1v) is 11.4. The van der Waals surface area contributed by atoms with Gasteiger partial charge in [-0.2, -0.15) is 18.4 Å². The van der Waals surface area contributed by atoms with Crippen LogP contribution in [0.1, 0.15) is 45.1 Å². The normalized spacial score (nSPS) is 18.1. The summed E-state index contributed by atoms with van der Waals surface area (Å²) in [6.07, 6.45) is -5.42. The lowest BCUT2D eigenvalue weighted by Crippen LogP contribution is -2.42. The van der Waals surface area contributed by atoms with E-state index >= 15 is 0 Å². The van der Waals surface area contributed by atoms with E-state index in [9.17, 15) is 23.2 Å². The van der Waals surface area contributed by atoms with Crippen molar-refractivity contribution in [2.75, 3.05) is 0 Å². The highest BCUT2D eigenvalue weighted by molar-refractivity contribution is 6.34. The summed E-state index contributed by atoms with van der Waals surface area (Å²) in [5.74, 6) is -0.489. The molecule has 1 heterocycles. The monoisotopic (exact) mass is 531 g/mol. The third-order valence-corrected chi connectivity index (χ3v) is 6.29. The zero-order chi connectivity index (χ0) is 26.1. The van der Waals surface area contributed by atoms with Crippen molar-refractivity contribution in [2.24, 2.45) is 5.16 Å². The topological polar surface area (TPSA) is 74.5 Å². The molecular weight excluding hydrogens is 514 g/mol. The molecule has 0 saturated heterocycles. The molecule has 0 aliphatic carbocycles. The standard InChI is InChI=1S/C26H18Cl2F3N3O2/c1-15-9-17(7-8-21(15)24(35)33-23(14-32)16-5-3-2-4-6-16)22-13-25(36-34-22,26(29,30)31)18-10-19(27)12-20(28)11-18/h2-12,23H,13H2,1H3,(H,33,35). The van der Waals surface area contributed by atoms with Crippen molar-refractivity contribution < 1.29 is 22.8 Å². The first-order valence-electron chi connectivity index (χ1n) is 10.7. The second kappa shape index (κ2) is 9.84. The number of aryl methyl sites for hydroxylation is 1. The second-order valence-corrected chi connectivity index (χ2v) is 9.14. The molecule has 0 bridgehead atoms. The van der Waals surface area contributed by atoms with Crippen LogP contribution in [0.4, 0.5) is 13.2 Å². The number of carbonyl (C=O) groups is 1. The van der Waals surface area contributed by atoms with Gasteiger partial charge in [0.1, 0.15) is 6.04 Å². The van der Waals surface area contributed by atoms with E-state index in [0.29, 0.717) is 16.7 Å². The summed E-state index contributed by atoms with van der Waals surface area (Å²) >= 11 is 11.9. The summed E-state index contributed by atoms with van der Waals surface area (Å²) in [6, 6.07) is 18.1. The number of halogens is 5. The van der Waals surface area contributed by atoms with Crippen LogP contribution in [0, 0.1) is 18.3 Å². The Morgan fingerprint density at radius 1 is 1.11 bits per heavy atom. The van der Waals surface area contributed by atoms with E-state index in [0.717, 1.165) is 12.1 Å². The second-order valence-electron chi connectivity index (χ2n) is 8.26. The van der Waals surface area contributed by atoms with Gasteiger partial charge in [-0.15, -0.1) is 0 Å². The lowest BCUT2D eigenvalue weighted by molar-refractivity contribution is -0.275. The zero-order valence-electron chi connectivity index (χ0n) is 18.7. The van der Waals surface area contributed by atoms with E-state index in [4.69, 9.17) is 28.0 Å². The molecule has 36 heavy (non-hydrogen) atoms. The van der Waals surface area contributed by atoms with Crippen LogP contribution in [0.2, 0.25) is 10.0 Å². The van der Waals surface area contributed by atoms with Crippen molar-refractivity contribution in [3.8, 4) is 6.07 Å². The maximum Gasteiger partial charge on any atom is 0.435 e. The van der Waals surface area contributed by atoms with Crippen molar-refractivity contribution in [2.45, 2.75) is 31.2 Å². The Morgan fingerprint density at radius 2 is 1.78 bits per heavy atom. The van der Waals surface area contributed by atoms with Crippen LogP contribution in [0.25, 0.3) is 0 Å². The molecule has 184 valence electrons. The van der Waals surface area contributed by atoms with Gasteiger partial charge in [-0.3, -0.25) is 4.79 Å². The van der Waals surface area contributed by atoms with E-state index in [-0.39, 0.29) is 26.9 Å². The van der Waals surface area contributed by atoms with Gasteiger partial charge in [-0.25, -0.2) is 0 Å². The number of oxime groups is 1. The van der Waals surface area contributed by atoms with Gasteiger partial charge >= 0.3 is 6.18 Å². The van der Waals surface area contributed by atoms with E-state index in [1.165, 1.54) is 18.2 Å². The largest absolute Gasteiger partial charge is 0.435 e. The summed E-state index contributed by atoms with van der Waals surface area (Å²) in [4.78, 5) is 17.9. The molecule has 5 nitrogen and oxygen atoms in total.